The number of nitrogens with one attached hydrogen (secondary N) is 1. The van der Waals surface area contributed by atoms with Crippen LogP contribution >= 0.6 is 0 Å². The maximum atomic E-state index is 5.56. The van der Waals surface area contributed by atoms with Crippen molar-refractivity contribution in [2.24, 2.45) is 0 Å². The molecule has 0 bridgehead atoms. The van der Waals surface area contributed by atoms with E-state index in [1.54, 1.807) is 6.33 Å². The predicted molar refractivity (Wildman–Crippen MR) is 72.1 cm³/mol. The van der Waals surface area contributed by atoms with Gasteiger partial charge in [-0.15, -0.1) is 0 Å². The highest BCUT2D eigenvalue weighted by atomic mass is 16.5. The molecule has 0 saturated carbocycles. The van der Waals surface area contributed by atoms with Gasteiger partial charge in [0.15, 0.2) is 0 Å². The highest BCUT2D eigenvalue weighted by Crippen LogP contribution is 2.20. The predicted octanol–water partition coefficient (Wildman–Crippen LogP) is 1.45. The second-order valence-electron chi connectivity index (χ2n) is 4.57. The van der Waals surface area contributed by atoms with Gasteiger partial charge in [0.05, 0.1) is 12.6 Å². The molecule has 5 nitrogen and oxygen atoms in total. The zero-order valence-corrected chi connectivity index (χ0v) is 11.2. The van der Waals surface area contributed by atoms with Gasteiger partial charge in [0.25, 0.3) is 0 Å². The molecule has 0 amide bonds. The van der Waals surface area contributed by atoms with Crippen molar-refractivity contribution >= 4 is 5.82 Å². The molecule has 2 rings (SSSR count). The molecule has 0 spiro atoms. The van der Waals surface area contributed by atoms with E-state index >= 15 is 0 Å². The lowest BCUT2D eigenvalue weighted by atomic mass is 10.1. The second kappa shape index (κ2) is 6.54. The average Bonchev–Trinajstić information content (AvgIpc) is 2.34. The Morgan fingerprint density at radius 2 is 2.17 bits per heavy atom. The van der Waals surface area contributed by atoms with Gasteiger partial charge in [-0.3, -0.25) is 0 Å². The molecular formula is C13H22N4O. The van der Waals surface area contributed by atoms with Gasteiger partial charge in [0.2, 0.25) is 5.88 Å². The Kier molecular flexibility index (Phi) is 4.75. The fraction of sp³-hybridized carbons (Fsp3) is 0.692. The largest absolute Gasteiger partial charge is 0.478 e. The number of nitrogens with zero attached hydrogens (tertiary/aromatic N) is 3. The molecule has 1 saturated heterocycles. The highest BCUT2D eigenvalue weighted by Gasteiger charge is 2.25. The quantitative estimate of drug-likeness (QED) is 0.794. The molecule has 0 aromatic carbocycles. The van der Waals surface area contributed by atoms with Crippen LogP contribution in [0.3, 0.4) is 0 Å². The minimum absolute atomic E-state index is 0.555. The van der Waals surface area contributed by atoms with Crippen LogP contribution in [0.5, 0.6) is 5.88 Å². The number of ether oxygens (including phenoxy) is 1. The first-order valence-corrected chi connectivity index (χ1v) is 6.77. The molecule has 0 unspecified atom stereocenters. The van der Waals surface area contributed by atoms with Crippen LogP contribution in [0.2, 0.25) is 0 Å². The van der Waals surface area contributed by atoms with E-state index in [0.717, 1.165) is 38.3 Å². The first-order chi connectivity index (χ1) is 8.85. The van der Waals surface area contributed by atoms with Gasteiger partial charge in [0.1, 0.15) is 12.1 Å². The molecule has 100 valence electrons. The Balaban J connectivity index is 2.08. The molecule has 1 N–H and O–H groups in total. The highest BCUT2D eigenvalue weighted by molar-refractivity contribution is 5.43. The Hall–Kier alpha value is -1.36. The van der Waals surface area contributed by atoms with E-state index in [1.165, 1.54) is 0 Å². The Labute approximate surface area is 109 Å². The second-order valence-corrected chi connectivity index (χ2v) is 4.57. The summed E-state index contributed by atoms with van der Waals surface area (Å²) in [7, 11) is 0. The summed E-state index contributed by atoms with van der Waals surface area (Å²) >= 11 is 0. The summed E-state index contributed by atoms with van der Waals surface area (Å²) < 4.78 is 5.56. The molecule has 1 aliphatic rings. The van der Waals surface area contributed by atoms with Crippen LogP contribution in [0.25, 0.3) is 0 Å². The smallest absolute Gasteiger partial charge is 0.218 e. The first kappa shape index (κ1) is 13.1. The van der Waals surface area contributed by atoms with Crippen LogP contribution < -0.4 is 15.0 Å². The summed E-state index contributed by atoms with van der Waals surface area (Å²) in [4.78, 5) is 10.9. The number of hydrogen-bond donors (Lipinski definition) is 1. The normalized spacial score (nSPS) is 15.2. The number of hydrogen-bond acceptors (Lipinski definition) is 5. The van der Waals surface area contributed by atoms with E-state index in [4.69, 9.17) is 4.74 Å². The van der Waals surface area contributed by atoms with Gasteiger partial charge >= 0.3 is 0 Å². The van der Waals surface area contributed by atoms with Gasteiger partial charge < -0.3 is 15.0 Å². The van der Waals surface area contributed by atoms with Gasteiger partial charge in [-0.2, -0.15) is 0 Å². The molecule has 1 aromatic heterocycles. The van der Waals surface area contributed by atoms with E-state index < -0.39 is 0 Å². The van der Waals surface area contributed by atoms with Gasteiger partial charge in [-0.05, 0) is 12.8 Å². The van der Waals surface area contributed by atoms with Crippen molar-refractivity contribution in [1.82, 2.24) is 15.3 Å². The zero-order valence-electron chi connectivity index (χ0n) is 11.2. The monoisotopic (exact) mass is 250 g/mol. The average molecular weight is 250 g/mol. The lowest BCUT2D eigenvalue weighted by Crippen LogP contribution is -2.57. The molecule has 2 heterocycles. The molecule has 1 aromatic rings. The van der Waals surface area contributed by atoms with Crippen molar-refractivity contribution in [1.29, 1.82) is 0 Å². The summed E-state index contributed by atoms with van der Waals surface area (Å²) in [5.41, 5.74) is 0. The van der Waals surface area contributed by atoms with Gasteiger partial charge in [-0.1, -0.05) is 13.8 Å². The Bertz CT molecular complexity index is 368. The SMILES string of the molecule is CCCOc1cc(N(CCC)C2CNC2)ncn1. The maximum absolute atomic E-state index is 5.56. The fourth-order valence-corrected chi connectivity index (χ4v) is 1.99. The number of aromatic nitrogens is 2. The molecular weight excluding hydrogens is 228 g/mol. The lowest BCUT2D eigenvalue weighted by molar-refractivity contribution is 0.304. The summed E-state index contributed by atoms with van der Waals surface area (Å²) in [6.07, 6.45) is 3.70. The molecule has 5 heteroatoms. The maximum Gasteiger partial charge on any atom is 0.218 e. The Morgan fingerprint density at radius 3 is 2.78 bits per heavy atom. The number of rotatable bonds is 7. The minimum Gasteiger partial charge on any atom is -0.478 e. The van der Waals surface area contributed by atoms with Gasteiger partial charge in [0, 0.05) is 25.7 Å². The van der Waals surface area contributed by atoms with Crippen molar-refractivity contribution in [2.75, 3.05) is 31.1 Å². The first-order valence-electron chi connectivity index (χ1n) is 6.77. The fourth-order valence-electron chi connectivity index (χ4n) is 1.99. The van der Waals surface area contributed by atoms with Crippen LogP contribution in [0, 0.1) is 0 Å². The molecule has 0 atom stereocenters. The summed E-state index contributed by atoms with van der Waals surface area (Å²) in [5.74, 6) is 1.65. The molecule has 1 aliphatic heterocycles. The van der Waals surface area contributed by atoms with Crippen LogP contribution in [0.15, 0.2) is 12.4 Å². The van der Waals surface area contributed by atoms with Crippen LogP contribution in [0.4, 0.5) is 5.82 Å². The summed E-state index contributed by atoms with van der Waals surface area (Å²) in [6.45, 7) is 8.08. The van der Waals surface area contributed by atoms with Gasteiger partial charge in [-0.25, -0.2) is 9.97 Å². The van der Waals surface area contributed by atoms with Crippen molar-refractivity contribution < 1.29 is 4.74 Å². The number of anilines is 1. The van der Waals surface area contributed by atoms with E-state index in [2.05, 4.69) is 34.0 Å². The standard InChI is InChI=1S/C13H22N4O/c1-3-5-17(11-8-14-9-11)12-7-13(16-10-15-12)18-6-4-2/h7,10-11,14H,3-6,8-9H2,1-2H3. The van der Waals surface area contributed by atoms with Crippen molar-refractivity contribution in [3.05, 3.63) is 12.4 Å². The lowest BCUT2D eigenvalue weighted by Gasteiger charge is -2.38. The Morgan fingerprint density at radius 1 is 1.33 bits per heavy atom. The third-order valence-corrected chi connectivity index (χ3v) is 3.04. The topological polar surface area (TPSA) is 50.3 Å². The van der Waals surface area contributed by atoms with E-state index in [0.29, 0.717) is 18.5 Å². The van der Waals surface area contributed by atoms with Crippen molar-refractivity contribution in [2.45, 2.75) is 32.7 Å². The van der Waals surface area contributed by atoms with Crippen LogP contribution in [0.1, 0.15) is 26.7 Å². The molecule has 1 fully saturated rings. The van der Waals surface area contributed by atoms with Crippen LogP contribution in [-0.2, 0) is 0 Å². The molecule has 0 radical (unpaired) electrons. The van der Waals surface area contributed by atoms with E-state index in [-0.39, 0.29) is 0 Å². The summed E-state index contributed by atoms with van der Waals surface area (Å²) in [5, 5.41) is 3.30. The minimum atomic E-state index is 0.555. The summed E-state index contributed by atoms with van der Waals surface area (Å²) in [6, 6.07) is 2.50. The van der Waals surface area contributed by atoms with E-state index in [9.17, 15) is 0 Å². The van der Waals surface area contributed by atoms with E-state index in [1.807, 2.05) is 6.07 Å². The molecule has 0 aliphatic carbocycles. The third-order valence-electron chi connectivity index (χ3n) is 3.04. The van der Waals surface area contributed by atoms with Crippen molar-refractivity contribution in [3.8, 4) is 5.88 Å². The third kappa shape index (κ3) is 3.10. The zero-order chi connectivity index (χ0) is 12.8. The van der Waals surface area contributed by atoms with Crippen molar-refractivity contribution in [3.63, 3.8) is 0 Å². The van der Waals surface area contributed by atoms with Crippen LogP contribution in [-0.4, -0.2) is 42.3 Å². The molecule has 18 heavy (non-hydrogen) atoms.